The molecular weight excluding hydrogens is 352 g/mol. The molecule has 0 aromatic carbocycles. The highest BCUT2D eigenvalue weighted by Crippen LogP contribution is 2.34. The van der Waals surface area contributed by atoms with Gasteiger partial charge in [0.2, 0.25) is 5.91 Å². The predicted octanol–water partition coefficient (Wildman–Crippen LogP) is 1.09. The summed E-state index contributed by atoms with van der Waals surface area (Å²) in [7, 11) is 2.16. The Balaban J connectivity index is 1.26. The van der Waals surface area contributed by atoms with Crippen LogP contribution in [0.15, 0.2) is 0 Å². The maximum absolute atomic E-state index is 13.0. The molecule has 28 heavy (non-hydrogen) atoms. The number of carbonyl (C=O) groups excluding carboxylic acids is 1. The zero-order chi connectivity index (χ0) is 19.7. The molecule has 4 fully saturated rings. The van der Waals surface area contributed by atoms with Gasteiger partial charge in [-0.05, 0) is 70.3 Å². The Morgan fingerprint density at radius 2 is 2.00 bits per heavy atom. The SMILES string of the molecule is CC1CC(C(=O)NC2CCCC([C@H](C)CC3NNCN3C)C2)NC(C2CC2)N1. The van der Waals surface area contributed by atoms with E-state index in [4.69, 9.17) is 0 Å². The molecule has 2 aliphatic heterocycles. The molecule has 7 heteroatoms. The number of carbonyl (C=O) groups is 1. The van der Waals surface area contributed by atoms with Crippen LogP contribution in [0.4, 0.5) is 0 Å². The number of nitrogens with zero attached hydrogens (tertiary/aromatic N) is 1. The monoisotopic (exact) mass is 392 g/mol. The summed E-state index contributed by atoms with van der Waals surface area (Å²) in [4.78, 5) is 15.3. The van der Waals surface area contributed by atoms with E-state index in [1.165, 1.54) is 25.7 Å². The number of rotatable bonds is 6. The van der Waals surface area contributed by atoms with Crippen LogP contribution in [-0.2, 0) is 4.79 Å². The average Bonchev–Trinajstić information content (AvgIpc) is 3.45. The van der Waals surface area contributed by atoms with Crippen LogP contribution in [0, 0.1) is 17.8 Å². The second-order valence-electron chi connectivity index (χ2n) is 9.93. The maximum atomic E-state index is 13.0. The van der Waals surface area contributed by atoms with E-state index in [0.717, 1.165) is 38.3 Å². The summed E-state index contributed by atoms with van der Waals surface area (Å²) in [6, 6.07) is 0.709. The van der Waals surface area contributed by atoms with E-state index < -0.39 is 0 Å². The van der Waals surface area contributed by atoms with Crippen molar-refractivity contribution in [3.05, 3.63) is 0 Å². The van der Waals surface area contributed by atoms with Crippen LogP contribution in [0.3, 0.4) is 0 Å². The van der Waals surface area contributed by atoms with Gasteiger partial charge in [-0.1, -0.05) is 19.8 Å². The molecule has 2 heterocycles. The second-order valence-corrected chi connectivity index (χ2v) is 9.93. The van der Waals surface area contributed by atoms with E-state index in [9.17, 15) is 4.79 Å². The first-order valence-electron chi connectivity index (χ1n) is 11.5. The lowest BCUT2D eigenvalue weighted by molar-refractivity contribution is -0.125. The van der Waals surface area contributed by atoms with E-state index in [1.54, 1.807) is 0 Å². The molecule has 2 saturated carbocycles. The topological polar surface area (TPSA) is 80.5 Å². The Morgan fingerprint density at radius 3 is 2.71 bits per heavy atom. The first-order chi connectivity index (χ1) is 13.5. The van der Waals surface area contributed by atoms with E-state index in [0.29, 0.717) is 36.3 Å². The zero-order valence-electron chi connectivity index (χ0n) is 17.8. The molecule has 7 atom stereocenters. The smallest absolute Gasteiger partial charge is 0.237 e. The molecule has 160 valence electrons. The maximum Gasteiger partial charge on any atom is 0.237 e. The first kappa shape index (κ1) is 20.5. The highest BCUT2D eigenvalue weighted by molar-refractivity contribution is 5.82. The highest BCUT2D eigenvalue weighted by atomic mass is 16.2. The van der Waals surface area contributed by atoms with Crippen LogP contribution in [0.1, 0.15) is 65.2 Å². The molecule has 7 nitrogen and oxygen atoms in total. The fourth-order valence-electron chi connectivity index (χ4n) is 5.41. The molecule has 4 aliphatic rings. The third kappa shape index (κ3) is 5.05. The van der Waals surface area contributed by atoms with Crippen LogP contribution in [-0.4, -0.2) is 55.0 Å². The summed E-state index contributed by atoms with van der Waals surface area (Å²) >= 11 is 0. The lowest BCUT2D eigenvalue weighted by Gasteiger charge is -2.38. The van der Waals surface area contributed by atoms with Gasteiger partial charge in [-0.15, -0.1) is 0 Å². The molecule has 2 aliphatic carbocycles. The van der Waals surface area contributed by atoms with Crippen molar-refractivity contribution in [1.82, 2.24) is 31.7 Å². The molecule has 6 unspecified atom stereocenters. The summed E-state index contributed by atoms with van der Waals surface area (Å²) in [5.74, 6) is 2.30. The normalized spacial score (nSPS) is 41.0. The lowest BCUT2D eigenvalue weighted by Crippen LogP contribution is -2.63. The van der Waals surface area contributed by atoms with Gasteiger partial charge in [-0.25, -0.2) is 10.9 Å². The summed E-state index contributed by atoms with van der Waals surface area (Å²) in [6.07, 6.45) is 10.1. The van der Waals surface area contributed by atoms with Crippen molar-refractivity contribution < 1.29 is 4.79 Å². The van der Waals surface area contributed by atoms with Gasteiger partial charge in [0.1, 0.15) is 0 Å². The van der Waals surface area contributed by atoms with Gasteiger partial charge in [0, 0.05) is 12.1 Å². The fraction of sp³-hybridized carbons (Fsp3) is 0.952. The zero-order valence-corrected chi connectivity index (χ0v) is 17.8. The van der Waals surface area contributed by atoms with Gasteiger partial charge in [0.15, 0.2) is 0 Å². The van der Waals surface area contributed by atoms with Gasteiger partial charge < -0.3 is 5.32 Å². The number of hydrogen-bond acceptors (Lipinski definition) is 6. The van der Waals surface area contributed by atoms with Crippen LogP contribution in [0.2, 0.25) is 0 Å². The lowest BCUT2D eigenvalue weighted by atomic mass is 9.77. The predicted molar refractivity (Wildman–Crippen MR) is 111 cm³/mol. The van der Waals surface area contributed by atoms with Crippen LogP contribution in [0.5, 0.6) is 0 Å². The number of nitrogens with one attached hydrogen (secondary N) is 5. The summed E-state index contributed by atoms with van der Waals surface area (Å²) in [5.41, 5.74) is 6.61. The van der Waals surface area contributed by atoms with E-state index in [2.05, 4.69) is 52.6 Å². The van der Waals surface area contributed by atoms with Crippen LogP contribution >= 0.6 is 0 Å². The third-order valence-corrected chi connectivity index (χ3v) is 7.43. The third-order valence-electron chi connectivity index (χ3n) is 7.43. The summed E-state index contributed by atoms with van der Waals surface area (Å²) < 4.78 is 0. The fourth-order valence-corrected chi connectivity index (χ4v) is 5.41. The quantitative estimate of drug-likeness (QED) is 0.466. The van der Waals surface area contributed by atoms with Crippen molar-refractivity contribution in [1.29, 1.82) is 0 Å². The van der Waals surface area contributed by atoms with E-state index >= 15 is 0 Å². The molecule has 0 radical (unpaired) electrons. The molecule has 1 amide bonds. The molecule has 5 N–H and O–H groups in total. The Hall–Kier alpha value is -0.730. The van der Waals surface area contributed by atoms with Crippen molar-refractivity contribution in [2.24, 2.45) is 17.8 Å². The summed E-state index contributed by atoms with van der Waals surface area (Å²) in [5, 5.41) is 10.6. The van der Waals surface area contributed by atoms with Crippen molar-refractivity contribution in [3.63, 3.8) is 0 Å². The molecule has 4 rings (SSSR count). The van der Waals surface area contributed by atoms with E-state index in [-0.39, 0.29) is 11.9 Å². The standard InChI is InChI=1S/C21H40N6O/c1-13(9-19-26-22-12-27(19)3)16-5-4-6-17(11-16)24-21(28)18-10-14(2)23-20(25-18)15-7-8-15/h13-20,22-23,25-26H,4-12H2,1-3H3,(H,24,28)/t13-,14?,16?,17?,18?,19?,20?/m1/s1. The van der Waals surface area contributed by atoms with E-state index in [1.807, 2.05) is 0 Å². The second kappa shape index (κ2) is 8.96. The molecule has 0 bridgehead atoms. The molecule has 0 aromatic heterocycles. The van der Waals surface area contributed by atoms with Crippen LogP contribution < -0.4 is 26.8 Å². The minimum Gasteiger partial charge on any atom is -0.352 e. The first-order valence-corrected chi connectivity index (χ1v) is 11.5. The highest BCUT2D eigenvalue weighted by Gasteiger charge is 2.39. The molecule has 2 saturated heterocycles. The Labute approximate surface area is 170 Å². The minimum absolute atomic E-state index is 0.0398. The van der Waals surface area contributed by atoms with Crippen molar-refractivity contribution in [3.8, 4) is 0 Å². The van der Waals surface area contributed by atoms with Crippen molar-refractivity contribution in [2.45, 2.75) is 95.7 Å². The average molecular weight is 393 g/mol. The van der Waals surface area contributed by atoms with Gasteiger partial charge in [-0.2, -0.15) is 0 Å². The number of hydrogen-bond donors (Lipinski definition) is 5. The van der Waals surface area contributed by atoms with Crippen molar-refractivity contribution >= 4 is 5.91 Å². The van der Waals surface area contributed by atoms with Gasteiger partial charge in [0.25, 0.3) is 0 Å². The Kier molecular flexibility index (Phi) is 6.57. The van der Waals surface area contributed by atoms with Gasteiger partial charge in [0.05, 0.1) is 25.0 Å². The Morgan fingerprint density at radius 1 is 1.18 bits per heavy atom. The molecule has 0 aromatic rings. The number of amides is 1. The summed E-state index contributed by atoms with van der Waals surface area (Å²) in [6.45, 7) is 5.50. The Bertz CT molecular complexity index is 541. The van der Waals surface area contributed by atoms with Gasteiger partial charge in [-0.3, -0.25) is 20.3 Å². The largest absolute Gasteiger partial charge is 0.352 e. The molecular formula is C21H40N6O. The number of hydrazine groups is 1. The van der Waals surface area contributed by atoms with Crippen molar-refractivity contribution in [2.75, 3.05) is 13.7 Å². The molecule has 0 spiro atoms. The van der Waals surface area contributed by atoms with Crippen LogP contribution in [0.25, 0.3) is 0 Å². The van der Waals surface area contributed by atoms with Gasteiger partial charge >= 0.3 is 0 Å². The minimum atomic E-state index is -0.0398.